The number of para-hydroxylation sites is 3. The molecule has 4 aromatic rings. The highest BCUT2D eigenvalue weighted by Gasteiger charge is 2.35. The van der Waals surface area contributed by atoms with E-state index in [1.54, 1.807) is 30.3 Å². The second-order valence-corrected chi connectivity index (χ2v) is 9.01. The molecule has 3 aromatic carbocycles. The van der Waals surface area contributed by atoms with Crippen molar-refractivity contribution in [3.05, 3.63) is 84.2 Å². The van der Waals surface area contributed by atoms with Crippen molar-refractivity contribution in [2.24, 2.45) is 0 Å². The van der Waals surface area contributed by atoms with Crippen LogP contribution in [0.2, 0.25) is 0 Å². The van der Waals surface area contributed by atoms with Crippen molar-refractivity contribution < 1.29 is 23.5 Å². The van der Waals surface area contributed by atoms with Crippen LogP contribution in [0.5, 0.6) is 5.75 Å². The summed E-state index contributed by atoms with van der Waals surface area (Å²) in [5, 5.41) is 11.2. The Bertz CT molecular complexity index is 1420. The number of nitrogens with zero attached hydrogens (tertiary/aromatic N) is 4. The Hall–Kier alpha value is -4.31. The summed E-state index contributed by atoms with van der Waals surface area (Å²) in [6.45, 7) is 0.771. The van der Waals surface area contributed by atoms with E-state index in [0.29, 0.717) is 41.2 Å². The first-order chi connectivity index (χ1) is 18.5. The molecule has 1 aliphatic rings. The summed E-state index contributed by atoms with van der Waals surface area (Å²) in [6, 6.07) is 18.7. The van der Waals surface area contributed by atoms with E-state index in [9.17, 15) is 14.0 Å². The van der Waals surface area contributed by atoms with Crippen molar-refractivity contribution in [1.82, 2.24) is 20.3 Å². The van der Waals surface area contributed by atoms with Crippen molar-refractivity contribution in [1.29, 1.82) is 0 Å². The molecular weight excluding hydrogens is 489 g/mol. The Morgan fingerprint density at radius 3 is 2.66 bits per heavy atom. The van der Waals surface area contributed by atoms with Crippen molar-refractivity contribution in [2.75, 3.05) is 25.2 Å². The molecule has 2 heterocycles. The largest absolute Gasteiger partial charge is 0.495 e. The molecule has 1 aliphatic heterocycles. The number of amides is 2. The second kappa shape index (κ2) is 11.4. The van der Waals surface area contributed by atoms with E-state index < -0.39 is 23.7 Å². The molecule has 0 spiro atoms. The molecule has 38 heavy (non-hydrogen) atoms. The van der Waals surface area contributed by atoms with Gasteiger partial charge in [-0.2, -0.15) is 0 Å². The molecular formula is C28H28FN5O4. The number of benzene rings is 3. The molecule has 1 fully saturated rings. The van der Waals surface area contributed by atoms with E-state index in [1.807, 2.05) is 18.2 Å². The fraction of sp³-hybridized carbons (Fsp3) is 0.286. The van der Waals surface area contributed by atoms with Gasteiger partial charge >= 0.3 is 0 Å². The highest BCUT2D eigenvalue weighted by atomic mass is 19.1. The Morgan fingerprint density at radius 1 is 1.13 bits per heavy atom. The van der Waals surface area contributed by atoms with Gasteiger partial charge in [0.2, 0.25) is 11.8 Å². The van der Waals surface area contributed by atoms with Gasteiger partial charge in [0.15, 0.2) is 0 Å². The number of carbonyl (C=O) groups excluding carboxylic acids is 2. The third-order valence-corrected chi connectivity index (χ3v) is 6.54. The molecule has 0 radical (unpaired) electrons. The summed E-state index contributed by atoms with van der Waals surface area (Å²) in [4.78, 5) is 29.2. The zero-order valence-corrected chi connectivity index (χ0v) is 20.9. The topological polar surface area (TPSA) is 98.6 Å². The van der Waals surface area contributed by atoms with Gasteiger partial charge in [0.05, 0.1) is 24.4 Å². The van der Waals surface area contributed by atoms with Gasteiger partial charge in [0.25, 0.3) is 0 Å². The summed E-state index contributed by atoms with van der Waals surface area (Å²) in [7, 11) is 1.50. The third kappa shape index (κ3) is 5.35. The minimum Gasteiger partial charge on any atom is -0.495 e. The van der Waals surface area contributed by atoms with E-state index in [0.717, 1.165) is 12.8 Å². The minimum atomic E-state index is -1.12. The molecule has 1 aromatic heterocycles. The molecule has 2 atom stereocenters. The number of halogens is 1. The zero-order valence-electron chi connectivity index (χ0n) is 20.9. The Kier molecular flexibility index (Phi) is 7.60. The second-order valence-electron chi connectivity index (χ2n) is 9.01. The predicted octanol–water partition coefficient (Wildman–Crippen LogP) is 3.65. The van der Waals surface area contributed by atoms with Crippen LogP contribution in [0.15, 0.2) is 72.8 Å². The van der Waals surface area contributed by atoms with Crippen LogP contribution in [0, 0.1) is 5.82 Å². The summed E-state index contributed by atoms with van der Waals surface area (Å²) >= 11 is 0. The molecule has 196 valence electrons. The molecule has 0 saturated carbocycles. The molecule has 10 heteroatoms. The Labute approximate surface area is 219 Å². The van der Waals surface area contributed by atoms with E-state index >= 15 is 0 Å². The number of aromatic nitrogens is 3. The van der Waals surface area contributed by atoms with Crippen molar-refractivity contribution in [2.45, 2.75) is 31.5 Å². The lowest BCUT2D eigenvalue weighted by molar-refractivity contribution is -0.127. The zero-order chi connectivity index (χ0) is 26.5. The monoisotopic (exact) mass is 517 g/mol. The van der Waals surface area contributed by atoms with Gasteiger partial charge in [0.1, 0.15) is 29.7 Å². The van der Waals surface area contributed by atoms with E-state index in [4.69, 9.17) is 9.47 Å². The molecule has 0 bridgehead atoms. The number of nitrogens with one attached hydrogen (secondary N) is 1. The van der Waals surface area contributed by atoms with Gasteiger partial charge in [-0.05, 0) is 54.8 Å². The molecule has 9 nitrogen and oxygen atoms in total. The lowest BCUT2D eigenvalue weighted by atomic mass is 10.0. The molecule has 2 amide bonds. The standard InChI is InChI=1S/C28H28FN5O4/c1-37-25-11-5-4-10-24(25)34(26(35)18-33-23-9-3-2-8-22(23)31-32-33)27(19-12-14-20(29)15-13-19)28(36)30-17-21-7-6-16-38-21/h2-5,8-15,21,27H,6-7,16-18H2,1H3,(H,30,36)/t21-,27-/m1/s1. The Morgan fingerprint density at radius 2 is 1.89 bits per heavy atom. The SMILES string of the molecule is COc1ccccc1N(C(=O)Cn1nnc2ccccc21)[C@@H](C(=O)NC[C@H]1CCCO1)c1ccc(F)cc1. The molecule has 5 rings (SSSR count). The first kappa shape index (κ1) is 25.3. The van der Waals surface area contributed by atoms with Crippen LogP contribution in [0.1, 0.15) is 24.4 Å². The number of methoxy groups -OCH3 is 1. The first-order valence-electron chi connectivity index (χ1n) is 12.4. The van der Waals surface area contributed by atoms with Gasteiger partial charge < -0.3 is 14.8 Å². The van der Waals surface area contributed by atoms with Crippen LogP contribution in [0.4, 0.5) is 10.1 Å². The summed E-state index contributed by atoms with van der Waals surface area (Å²) in [6.07, 6.45) is 1.68. The van der Waals surface area contributed by atoms with Crippen molar-refractivity contribution >= 4 is 28.5 Å². The highest BCUT2D eigenvalue weighted by molar-refractivity contribution is 6.02. The number of rotatable bonds is 9. The fourth-order valence-corrected chi connectivity index (χ4v) is 4.66. The summed E-state index contributed by atoms with van der Waals surface area (Å²) in [5.74, 6) is -0.888. The van der Waals surface area contributed by atoms with Gasteiger partial charge in [0, 0.05) is 13.2 Å². The van der Waals surface area contributed by atoms with Gasteiger partial charge in [-0.25, -0.2) is 9.07 Å². The number of anilines is 1. The van der Waals surface area contributed by atoms with Gasteiger partial charge in [-0.1, -0.05) is 41.6 Å². The molecule has 1 saturated heterocycles. The Balaban J connectivity index is 1.56. The molecule has 0 unspecified atom stereocenters. The predicted molar refractivity (Wildman–Crippen MR) is 139 cm³/mol. The first-order valence-corrected chi connectivity index (χ1v) is 12.4. The third-order valence-electron chi connectivity index (χ3n) is 6.54. The van der Waals surface area contributed by atoms with Crippen LogP contribution in [-0.4, -0.2) is 53.2 Å². The smallest absolute Gasteiger partial charge is 0.249 e. The lowest BCUT2D eigenvalue weighted by Crippen LogP contribution is -2.46. The minimum absolute atomic E-state index is 0.0928. The summed E-state index contributed by atoms with van der Waals surface area (Å²) < 4.78 is 26.6. The summed E-state index contributed by atoms with van der Waals surface area (Å²) in [5.41, 5.74) is 2.17. The molecule has 0 aliphatic carbocycles. The quantitative estimate of drug-likeness (QED) is 0.364. The van der Waals surface area contributed by atoms with Gasteiger partial charge in [-0.3, -0.25) is 14.5 Å². The maximum atomic E-state index is 14.1. The van der Waals surface area contributed by atoms with Crippen LogP contribution in [-0.2, 0) is 20.9 Å². The van der Waals surface area contributed by atoms with E-state index in [1.165, 1.54) is 41.0 Å². The van der Waals surface area contributed by atoms with Crippen LogP contribution < -0.4 is 15.0 Å². The molecule has 1 N–H and O–H groups in total. The fourth-order valence-electron chi connectivity index (χ4n) is 4.66. The maximum Gasteiger partial charge on any atom is 0.249 e. The number of hydrogen-bond donors (Lipinski definition) is 1. The average Bonchev–Trinajstić information content (AvgIpc) is 3.61. The van der Waals surface area contributed by atoms with Crippen LogP contribution in [0.25, 0.3) is 11.0 Å². The van der Waals surface area contributed by atoms with Crippen molar-refractivity contribution in [3.8, 4) is 5.75 Å². The van der Waals surface area contributed by atoms with Gasteiger partial charge in [-0.15, -0.1) is 5.10 Å². The van der Waals surface area contributed by atoms with Crippen LogP contribution >= 0.6 is 0 Å². The lowest BCUT2D eigenvalue weighted by Gasteiger charge is -2.32. The van der Waals surface area contributed by atoms with E-state index in [-0.39, 0.29) is 12.6 Å². The maximum absolute atomic E-state index is 14.1. The highest BCUT2D eigenvalue weighted by Crippen LogP contribution is 2.35. The van der Waals surface area contributed by atoms with E-state index in [2.05, 4.69) is 15.6 Å². The number of hydrogen-bond acceptors (Lipinski definition) is 6. The number of fused-ring (bicyclic) bond motifs is 1. The number of ether oxygens (including phenoxy) is 2. The number of carbonyl (C=O) groups is 2. The van der Waals surface area contributed by atoms with Crippen LogP contribution in [0.3, 0.4) is 0 Å². The van der Waals surface area contributed by atoms with Crippen molar-refractivity contribution in [3.63, 3.8) is 0 Å². The normalized spacial score (nSPS) is 15.8. The average molecular weight is 518 g/mol.